The predicted molar refractivity (Wildman–Crippen MR) is 78.3 cm³/mol. The fourth-order valence-electron chi connectivity index (χ4n) is 3.85. The SMILES string of the molecule is CNC1c2ccccc2CCCC1CC1CCCO1. The van der Waals surface area contributed by atoms with Gasteiger partial charge in [-0.15, -0.1) is 0 Å². The highest BCUT2D eigenvalue weighted by Gasteiger charge is 2.29. The minimum Gasteiger partial charge on any atom is -0.378 e. The van der Waals surface area contributed by atoms with E-state index in [1.54, 1.807) is 0 Å². The number of fused-ring (bicyclic) bond motifs is 1. The summed E-state index contributed by atoms with van der Waals surface area (Å²) in [5.41, 5.74) is 3.06. The molecule has 0 radical (unpaired) electrons. The maximum atomic E-state index is 5.85. The molecule has 3 rings (SSSR count). The van der Waals surface area contributed by atoms with E-state index in [4.69, 9.17) is 4.74 Å². The van der Waals surface area contributed by atoms with Crippen LogP contribution in [0.25, 0.3) is 0 Å². The fourth-order valence-corrected chi connectivity index (χ4v) is 3.85. The molecule has 19 heavy (non-hydrogen) atoms. The zero-order valence-electron chi connectivity index (χ0n) is 11.9. The Morgan fingerprint density at radius 2 is 2.11 bits per heavy atom. The average Bonchev–Trinajstić information content (AvgIpc) is 2.87. The molecule has 0 aromatic heterocycles. The first-order valence-corrected chi connectivity index (χ1v) is 7.75. The number of hydrogen-bond donors (Lipinski definition) is 1. The summed E-state index contributed by atoms with van der Waals surface area (Å²) in [6.07, 6.45) is 8.10. The molecule has 1 heterocycles. The molecule has 2 aliphatic rings. The standard InChI is InChI=1S/C17H25NO/c1-18-17-14(12-15-9-5-11-19-15)8-4-7-13-6-2-3-10-16(13)17/h2-3,6,10,14-15,17-18H,4-5,7-9,11-12H2,1H3. The third-order valence-corrected chi connectivity index (χ3v) is 4.78. The van der Waals surface area contributed by atoms with Crippen LogP contribution in [-0.2, 0) is 11.2 Å². The molecule has 3 atom stereocenters. The number of nitrogens with one attached hydrogen (secondary N) is 1. The number of benzene rings is 1. The minimum atomic E-state index is 0.503. The molecule has 0 spiro atoms. The van der Waals surface area contributed by atoms with Crippen LogP contribution in [0.4, 0.5) is 0 Å². The van der Waals surface area contributed by atoms with Crippen LogP contribution in [0, 0.1) is 5.92 Å². The van der Waals surface area contributed by atoms with Crippen LogP contribution in [0.1, 0.15) is 49.3 Å². The summed E-state index contributed by atoms with van der Waals surface area (Å²) in [6.45, 7) is 0.970. The van der Waals surface area contributed by atoms with Crippen LogP contribution in [0.2, 0.25) is 0 Å². The van der Waals surface area contributed by atoms with Crippen molar-refractivity contribution in [3.63, 3.8) is 0 Å². The first-order valence-electron chi connectivity index (χ1n) is 7.75. The number of rotatable bonds is 3. The van der Waals surface area contributed by atoms with Gasteiger partial charge in [0.1, 0.15) is 0 Å². The van der Waals surface area contributed by atoms with Crippen LogP contribution in [0.5, 0.6) is 0 Å². The van der Waals surface area contributed by atoms with Crippen molar-refractivity contribution < 1.29 is 4.74 Å². The van der Waals surface area contributed by atoms with Gasteiger partial charge in [0, 0.05) is 12.6 Å². The first kappa shape index (κ1) is 13.1. The first-order chi connectivity index (χ1) is 9.38. The molecule has 0 bridgehead atoms. The summed E-state index contributed by atoms with van der Waals surface area (Å²) in [6, 6.07) is 9.46. The lowest BCUT2D eigenvalue weighted by Crippen LogP contribution is -2.28. The maximum Gasteiger partial charge on any atom is 0.0579 e. The van der Waals surface area contributed by atoms with E-state index in [0.717, 1.165) is 12.5 Å². The highest BCUT2D eigenvalue weighted by atomic mass is 16.5. The second kappa shape index (κ2) is 6.06. The van der Waals surface area contributed by atoms with Crippen molar-refractivity contribution in [1.82, 2.24) is 5.32 Å². The van der Waals surface area contributed by atoms with Gasteiger partial charge in [0.25, 0.3) is 0 Å². The molecule has 1 saturated heterocycles. The largest absolute Gasteiger partial charge is 0.378 e. The molecular weight excluding hydrogens is 234 g/mol. The van der Waals surface area contributed by atoms with E-state index in [2.05, 4.69) is 36.6 Å². The third-order valence-electron chi connectivity index (χ3n) is 4.78. The molecule has 1 aliphatic heterocycles. The van der Waals surface area contributed by atoms with Crippen LogP contribution < -0.4 is 5.32 Å². The van der Waals surface area contributed by atoms with Gasteiger partial charge < -0.3 is 10.1 Å². The van der Waals surface area contributed by atoms with Crippen LogP contribution >= 0.6 is 0 Å². The Morgan fingerprint density at radius 1 is 1.21 bits per heavy atom. The molecule has 1 aliphatic carbocycles. The highest BCUT2D eigenvalue weighted by Crippen LogP contribution is 2.37. The summed E-state index contributed by atoms with van der Waals surface area (Å²) >= 11 is 0. The van der Waals surface area contributed by atoms with Crippen LogP contribution in [0.15, 0.2) is 24.3 Å². The normalized spacial score (nSPS) is 30.9. The van der Waals surface area contributed by atoms with Gasteiger partial charge in [0.15, 0.2) is 0 Å². The molecule has 0 amide bonds. The van der Waals surface area contributed by atoms with E-state index in [1.807, 2.05) is 0 Å². The minimum absolute atomic E-state index is 0.503. The highest BCUT2D eigenvalue weighted by molar-refractivity contribution is 5.31. The molecule has 104 valence electrons. The fraction of sp³-hybridized carbons (Fsp3) is 0.647. The van der Waals surface area contributed by atoms with Gasteiger partial charge in [-0.2, -0.15) is 0 Å². The van der Waals surface area contributed by atoms with Gasteiger partial charge >= 0.3 is 0 Å². The number of aryl methyl sites for hydroxylation is 1. The van der Waals surface area contributed by atoms with Crippen molar-refractivity contribution in [3.05, 3.63) is 35.4 Å². The summed E-state index contributed by atoms with van der Waals surface area (Å²) in [4.78, 5) is 0. The number of ether oxygens (including phenoxy) is 1. The lowest BCUT2D eigenvalue weighted by Gasteiger charge is -2.28. The molecule has 3 unspecified atom stereocenters. The molecule has 2 heteroatoms. The molecule has 1 aromatic carbocycles. The number of hydrogen-bond acceptors (Lipinski definition) is 2. The zero-order valence-corrected chi connectivity index (χ0v) is 11.9. The average molecular weight is 259 g/mol. The topological polar surface area (TPSA) is 21.3 Å². The van der Waals surface area contributed by atoms with E-state index in [-0.39, 0.29) is 0 Å². The summed E-state index contributed by atoms with van der Waals surface area (Å²) in [5.74, 6) is 0.719. The van der Waals surface area contributed by atoms with Crippen molar-refractivity contribution in [2.24, 2.45) is 5.92 Å². The Bertz CT molecular complexity index is 411. The monoisotopic (exact) mass is 259 g/mol. The maximum absolute atomic E-state index is 5.85. The van der Waals surface area contributed by atoms with Gasteiger partial charge in [0.05, 0.1) is 6.10 Å². The molecule has 1 aromatic rings. The summed E-state index contributed by atoms with van der Waals surface area (Å²) < 4.78 is 5.85. The molecule has 1 N–H and O–H groups in total. The van der Waals surface area contributed by atoms with Crippen molar-refractivity contribution >= 4 is 0 Å². The smallest absolute Gasteiger partial charge is 0.0579 e. The second-order valence-corrected chi connectivity index (χ2v) is 5.99. The molecular formula is C17H25NO. The zero-order chi connectivity index (χ0) is 13.1. The van der Waals surface area contributed by atoms with E-state index in [0.29, 0.717) is 12.1 Å². The summed E-state index contributed by atoms with van der Waals surface area (Å²) in [5, 5.41) is 3.57. The van der Waals surface area contributed by atoms with Gasteiger partial charge in [-0.05, 0) is 62.6 Å². The van der Waals surface area contributed by atoms with Crippen molar-refractivity contribution in [3.8, 4) is 0 Å². The lowest BCUT2D eigenvalue weighted by molar-refractivity contribution is 0.0817. The van der Waals surface area contributed by atoms with Crippen LogP contribution in [-0.4, -0.2) is 19.8 Å². The Kier molecular flexibility index (Phi) is 4.19. The van der Waals surface area contributed by atoms with Crippen molar-refractivity contribution in [2.75, 3.05) is 13.7 Å². The molecule has 0 saturated carbocycles. The van der Waals surface area contributed by atoms with Gasteiger partial charge in [-0.1, -0.05) is 24.3 Å². The third kappa shape index (κ3) is 2.85. The van der Waals surface area contributed by atoms with Gasteiger partial charge in [-0.25, -0.2) is 0 Å². The van der Waals surface area contributed by atoms with Crippen LogP contribution in [0.3, 0.4) is 0 Å². The Morgan fingerprint density at radius 3 is 2.89 bits per heavy atom. The quantitative estimate of drug-likeness (QED) is 0.839. The van der Waals surface area contributed by atoms with E-state index >= 15 is 0 Å². The second-order valence-electron chi connectivity index (χ2n) is 5.99. The molecule has 2 nitrogen and oxygen atoms in total. The Labute approximate surface area is 116 Å². The van der Waals surface area contributed by atoms with E-state index in [1.165, 1.54) is 49.7 Å². The van der Waals surface area contributed by atoms with Crippen molar-refractivity contribution in [1.29, 1.82) is 0 Å². The molecule has 1 fully saturated rings. The van der Waals surface area contributed by atoms with E-state index < -0.39 is 0 Å². The Hall–Kier alpha value is -0.860. The lowest BCUT2D eigenvalue weighted by atomic mass is 9.86. The van der Waals surface area contributed by atoms with E-state index in [9.17, 15) is 0 Å². The summed E-state index contributed by atoms with van der Waals surface area (Å²) in [7, 11) is 2.11. The predicted octanol–water partition coefficient (Wildman–Crippen LogP) is 3.47. The Balaban J connectivity index is 1.80. The van der Waals surface area contributed by atoms with Crippen molar-refractivity contribution in [2.45, 2.75) is 50.7 Å². The van der Waals surface area contributed by atoms with Gasteiger partial charge in [0.2, 0.25) is 0 Å². The van der Waals surface area contributed by atoms with Gasteiger partial charge in [-0.3, -0.25) is 0 Å².